The van der Waals surface area contributed by atoms with Crippen molar-refractivity contribution in [3.8, 4) is 0 Å². The molecule has 0 aliphatic rings. The first-order valence-electron chi connectivity index (χ1n) is 4.08. The fourth-order valence-corrected chi connectivity index (χ4v) is 1.34. The number of nitrogens with zero attached hydrogens (tertiary/aromatic N) is 2. The maximum atomic E-state index is 11.2. The third kappa shape index (κ3) is 1.26. The monoisotopic (exact) mass is 185 g/mol. The van der Waals surface area contributed by atoms with Crippen LogP contribution >= 0.6 is 0 Å². The minimum atomic E-state index is -0.538. The van der Waals surface area contributed by atoms with Crippen molar-refractivity contribution in [2.45, 2.75) is 0 Å². The van der Waals surface area contributed by atoms with Crippen LogP contribution in [0.15, 0.2) is 41.6 Å². The van der Waals surface area contributed by atoms with Gasteiger partial charge in [-0.05, 0) is 12.1 Å². The molecule has 0 aliphatic heterocycles. The first-order valence-corrected chi connectivity index (χ1v) is 4.08. The zero-order chi connectivity index (χ0) is 9.97. The second kappa shape index (κ2) is 3.33. The van der Waals surface area contributed by atoms with E-state index in [2.05, 4.69) is 10.1 Å². The van der Waals surface area contributed by atoms with Crippen LogP contribution in [0.3, 0.4) is 0 Å². The van der Waals surface area contributed by atoms with Crippen LogP contribution in [0.25, 0.3) is 10.9 Å². The number of hydrogen-bond acceptors (Lipinski definition) is 3. The van der Waals surface area contributed by atoms with Crippen molar-refractivity contribution >= 4 is 16.8 Å². The Morgan fingerprint density at radius 3 is 2.86 bits per heavy atom. The van der Waals surface area contributed by atoms with Crippen molar-refractivity contribution in [1.29, 1.82) is 5.53 Å². The predicted octanol–water partition coefficient (Wildman–Crippen LogP) is 2.41. The van der Waals surface area contributed by atoms with Gasteiger partial charge in [0.1, 0.15) is 0 Å². The minimum Gasteiger partial charge on any atom is -0.265 e. The maximum absolute atomic E-state index is 11.2. The third-order valence-electron chi connectivity index (χ3n) is 1.98. The number of rotatable bonds is 1. The molecule has 4 nitrogen and oxygen atoms in total. The van der Waals surface area contributed by atoms with E-state index in [0.717, 1.165) is 10.9 Å². The molecule has 1 amide bonds. The Kier molecular flexibility index (Phi) is 2.02. The molecular formula is C10H7N3O. The lowest BCUT2D eigenvalue weighted by Crippen LogP contribution is -1.95. The molecule has 68 valence electrons. The molecule has 2 aromatic rings. The van der Waals surface area contributed by atoms with E-state index in [1.165, 1.54) is 0 Å². The lowest BCUT2D eigenvalue weighted by Gasteiger charge is -1.99. The van der Waals surface area contributed by atoms with Crippen molar-refractivity contribution in [1.82, 2.24) is 4.98 Å². The minimum absolute atomic E-state index is 0.422. The van der Waals surface area contributed by atoms with Gasteiger partial charge in [-0.3, -0.25) is 9.78 Å². The summed E-state index contributed by atoms with van der Waals surface area (Å²) in [6.07, 6.45) is 1.54. The highest BCUT2D eigenvalue weighted by atomic mass is 16.1. The van der Waals surface area contributed by atoms with Crippen LogP contribution in [0.2, 0.25) is 0 Å². The number of hydrogen-bond donors (Lipinski definition) is 1. The summed E-state index contributed by atoms with van der Waals surface area (Å²) in [6.45, 7) is 0. The topological polar surface area (TPSA) is 66.2 Å². The van der Waals surface area contributed by atoms with Crippen LogP contribution in [0, 0.1) is 5.53 Å². The first-order chi connectivity index (χ1) is 6.83. The lowest BCUT2D eigenvalue weighted by molar-refractivity contribution is 0.0992. The van der Waals surface area contributed by atoms with Crippen molar-refractivity contribution in [3.05, 3.63) is 42.1 Å². The normalized spacial score (nSPS) is 10.0. The molecule has 1 heterocycles. The molecule has 2 rings (SSSR count). The van der Waals surface area contributed by atoms with Gasteiger partial charge in [-0.25, -0.2) is 5.53 Å². The molecule has 14 heavy (non-hydrogen) atoms. The van der Waals surface area contributed by atoms with Crippen molar-refractivity contribution < 1.29 is 4.79 Å². The van der Waals surface area contributed by atoms with Crippen LogP contribution in [0.1, 0.15) is 10.4 Å². The number of amides is 1. The van der Waals surface area contributed by atoms with Crippen LogP contribution in [-0.4, -0.2) is 10.9 Å². The lowest BCUT2D eigenvalue weighted by atomic mass is 10.1. The molecule has 0 atom stereocenters. The average Bonchev–Trinajstić information content (AvgIpc) is 2.27. The summed E-state index contributed by atoms with van der Waals surface area (Å²) in [6, 6.07) is 8.85. The SMILES string of the molecule is N=NC(=O)c1ccnc2ccccc12. The summed E-state index contributed by atoms with van der Waals surface area (Å²) < 4.78 is 0. The average molecular weight is 185 g/mol. The van der Waals surface area contributed by atoms with Gasteiger partial charge in [0.15, 0.2) is 0 Å². The number of pyridine rings is 1. The number of carbonyl (C=O) groups excluding carboxylic acids is 1. The Balaban J connectivity index is 2.77. The number of para-hydroxylation sites is 1. The molecule has 0 unspecified atom stereocenters. The fraction of sp³-hybridized carbons (Fsp3) is 0. The van der Waals surface area contributed by atoms with Crippen LogP contribution in [0.5, 0.6) is 0 Å². The number of aromatic nitrogens is 1. The van der Waals surface area contributed by atoms with Gasteiger partial charge in [-0.1, -0.05) is 18.2 Å². The summed E-state index contributed by atoms with van der Waals surface area (Å²) in [4.78, 5) is 15.3. The van der Waals surface area contributed by atoms with Crippen LogP contribution in [-0.2, 0) is 0 Å². The van der Waals surface area contributed by atoms with Gasteiger partial charge in [0.2, 0.25) is 0 Å². The third-order valence-corrected chi connectivity index (χ3v) is 1.98. The zero-order valence-electron chi connectivity index (χ0n) is 7.27. The van der Waals surface area contributed by atoms with E-state index in [1.807, 2.05) is 18.2 Å². The van der Waals surface area contributed by atoms with Gasteiger partial charge in [-0.15, -0.1) is 5.11 Å². The van der Waals surface area contributed by atoms with Gasteiger partial charge in [-0.2, -0.15) is 0 Å². The summed E-state index contributed by atoms with van der Waals surface area (Å²) in [5, 5.41) is 3.62. The Hall–Kier alpha value is -2.10. The molecule has 0 fully saturated rings. The van der Waals surface area contributed by atoms with E-state index < -0.39 is 5.91 Å². The Morgan fingerprint density at radius 1 is 1.29 bits per heavy atom. The van der Waals surface area contributed by atoms with Gasteiger partial charge in [0.25, 0.3) is 5.91 Å². The van der Waals surface area contributed by atoms with Crippen LogP contribution in [0.4, 0.5) is 0 Å². The summed E-state index contributed by atoms with van der Waals surface area (Å²) >= 11 is 0. The quantitative estimate of drug-likeness (QED) is 0.693. The Morgan fingerprint density at radius 2 is 2.07 bits per heavy atom. The first kappa shape index (κ1) is 8.50. The standard InChI is InChI=1S/C10H7N3O/c11-13-10(14)8-5-6-12-9-4-2-1-3-7(8)9/h1-6,11H. The van der Waals surface area contributed by atoms with Crippen molar-refractivity contribution in [2.24, 2.45) is 5.11 Å². The molecule has 1 aromatic carbocycles. The van der Waals surface area contributed by atoms with Crippen LogP contribution < -0.4 is 0 Å². The summed E-state index contributed by atoms with van der Waals surface area (Å²) in [7, 11) is 0. The largest absolute Gasteiger partial charge is 0.295 e. The van der Waals surface area contributed by atoms with E-state index in [9.17, 15) is 4.79 Å². The number of nitrogens with one attached hydrogen (secondary N) is 1. The van der Waals surface area contributed by atoms with E-state index in [-0.39, 0.29) is 0 Å². The zero-order valence-corrected chi connectivity index (χ0v) is 7.27. The molecule has 0 saturated heterocycles. The molecule has 0 radical (unpaired) electrons. The number of benzene rings is 1. The molecule has 0 saturated carbocycles. The highest BCUT2D eigenvalue weighted by Gasteiger charge is 2.07. The molecule has 1 aromatic heterocycles. The summed E-state index contributed by atoms with van der Waals surface area (Å²) in [5.74, 6) is -0.538. The van der Waals surface area contributed by atoms with Gasteiger partial charge < -0.3 is 0 Å². The smallest absolute Gasteiger partial charge is 0.265 e. The molecule has 0 bridgehead atoms. The van der Waals surface area contributed by atoms with Crippen molar-refractivity contribution in [3.63, 3.8) is 0 Å². The second-order valence-corrected chi connectivity index (χ2v) is 2.79. The molecular weight excluding hydrogens is 178 g/mol. The van der Waals surface area contributed by atoms with Gasteiger partial charge in [0.05, 0.1) is 11.1 Å². The fourth-order valence-electron chi connectivity index (χ4n) is 1.34. The van der Waals surface area contributed by atoms with E-state index in [4.69, 9.17) is 5.53 Å². The molecule has 0 aliphatic carbocycles. The predicted molar refractivity (Wildman–Crippen MR) is 51.2 cm³/mol. The van der Waals surface area contributed by atoms with Gasteiger partial charge in [0, 0.05) is 11.6 Å². The second-order valence-electron chi connectivity index (χ2n) is 2.79. The number of carbonyl (C=O) groups is 1. The van der Waals surface area contributed by atoms with Crippen molar-refractivity contribution in [2.75, 3.05) is 0 Å². The summed E-state index contributed by atoms with van der Waals surface area (Å²) in [5.41, 5.74) is 7.84. The maximum Gasteiger partial charge on any atom is 0.295 e. The highest BCUT2D eigenvalue weighted by molar-refractivity contribution is 6.05. The van der Waals surface area contributed by atoms with E-state index >= 15 is 0 Å². The van der Waals surface area contributed by atoms with E-state index in [1.54, 1.807) is 18.3 Å². The molecule has 1 N–H and O–H groups in total. The Labute approximate surface area is 80.1 Å². The Bertz CT molecular complexity index is 502. The number of fused-ring (bicyclic) bond motifs is 1. The van der Waals surface area contributed by atoms with Gasteiger partial charge >= 0.3 is 0 Å². The molecule has 4 heteroatoms. The highest BCUT2D eigenvalue weighted by Crippen LogP contribution is 2.16. The van der Waals surface area contributed by atoms with E-state index in [0.29, 0.717) is 5.56 Å². The molecule has 0 spiro atoms.